The van der Waals surface area contributed by atoms with Crippen molar-refractivity contribution in [1.82, 2.24) is 5.32 Å². The summed E-state index contributed by atoms with van der Waals surface area (Å²) in [6.45, 7) is 1.12. The lowest BCUT2D eigenvalue weighted by atomic mass is 10.0. The fourth-order valence-corrected chi connectivity index (χ4v) is 2.58. The van der Waals surface area contributed by atoms with Crippen LogP contribution in [0.1, 0.15) is 30.4 Å². The Morgan fingerprint density at radius 3 is 2.94 bits per heavy atom. The van der Waals surface area contributed by atoms with E-state index in [0.29, 0.717) is 24.0 Å². The third-order valence-electron chi connectivity index (χ3n) is 3.45. The van der Waals surface area contributed by atoms with Crippen LogP contribution in [-0.4, -0.2) is 19.4 Å². The van der Waals surface area contributed by atoms with Gasteiger partial charge in [0.05, 0.1) is 0 Å². The summed E-state index contributed by atoms with van der Waals surface area (Å²) < 4.78 is 36.2. The van der Waals surface area contributed by atoms with Gasteiger partial charge in [-0.3, -0.25) is 0 Å². The first-order valence-corrected chi connectivity index (χ1v) is 6.18. The van der Waals surface area contributed by atoms with Crippen molar-refractivity contribution in [2.75, 3.05) is 13.3 Å². The molecule has 0 saturated carbocycles. The van der Waals surface area contributed by atoms with Crippen LogP contribution < -0.4 is 14.8 Å². The highest BCUT2D eigenvalue weighted by Crippen LogP contribution is 2.40. The smallest absolute Gasteiger partial charge is 0.263 e. The van der Waals surface area contributed by atoms with Gasteiger partial charge in [0, 0.05) is 17.2 Å². The van der Waals surface area contributed by atoms with Crippen LogP contribution in [0, 0.1) is 0 Å². The maximum atomic E-state index is 12.8. The predicted octanol–water partition coefficient (Wildman–Crippen LogP) is 2.65. The van der Waals surface area contributed by atoms with E-state index in [9.17, 15) is 8.78 Å². The maximum Gasteiger partial charge on any atom is 0.263 e. The molecule has 0 aromatic heterocycles. The van der Waals surface area contributed by atoms with Crippen LogP contribution in [0.15, 0.2) is 12.1 Å². The summed E-state index contributed by atoms with van der Waals surface area (Å²) in [5, 5.41) is 3.36. The largest absolute Gasteiger partial charge is 0.454 e. The van der Waals surface area contributed by atoms with Crippen molar-refractivity contribution in [2.24, 2.45) is 0 Å². The second-order valence-electron chi connectivity index (χ2n) is 4.71. The van der Waals surface area contributed by atoms with Gasteiger partial charge >= 0.3 is 0 Å². The Morgan fingerprint density at radius 2 is 2.22 bits per heavy atom. The molecule has 5 heteroatoms. The van der Waals surface area contributed by atoms with E-state index < -0.39 is 6.43 Å². The number of nitrogens with one attached hydrogen (secondary N) is 1. The lowest BCUT2D eigenvalue weighted by Crippen LogP contribution is -2.23. The van der Waals surface area contributed by atoms with E-state index in [1.54, 1.807) is 0 Å². The predicted molar refractivity (Wildman–Crippen MR) is 62.3 cm³/mol. The van der Waals surface area contributed by atoms with E-state index >= 15 is 0 Å². The van der Waals surface area contributed by atoms with Gasteiger partial charge in [-0.15, -0.1) is 0 Å². The second kappa shape index (κ2) is 4.72. The van der Waals surface area contributed by atoms with E-state index in [4.69, 9.17) is 9.47 Å². The number of hydrogen-bond acceptors (Lipinski definition) is 3. The molecule has 18 heavy (non-hydrogen) atoms. The monoisotopic (exact) mass is 255 g/mol. The number of hydrogen-bond donors (Lipinski definition) is 1. The van der Waals surface area contributed by atoms with Crippen LogP contribution in [0.4, 0.5) is 8.78 Å². The summed E-state index contributed by atoms with van der Waals surface area (Å²) >= 11 is 0. The normalized spacial score (nSPS) is 21.8. The minimum Gasteiger partial charge on any atom is -0.454 e. The van der Waals surface area contributed by atoms with Gasteiger partial charge in [-0.1, -0.05) is 0 Å². The van der Waals surface area contributed by atoms with Crippen molar-refractivity contribution in [3.63, 3.8) is 0 Å². The van der Waals surface area contributed by atoms with Crippen molar-refractivity contribution < 1.29 is 18.3 Å². The minimum atomic E-state index is -2.48. The molecule has 2 aliphatic rings. The fraction of sp³-hybridized carbons (Fsp3) is 0.538. The van der Waals surface area contributed by atoms with Gasteiger partial charge in [0.15, 0.2) is 11.5 Å². The zero-order valence-corrected chi connectivity index (χ0v) is 9.92. The Bertz CT molecular complexity index is 445. The highest BCUT2D eigenvalue weighted by molar-refractivity contribution is 5.51. The molecule has 3 nitrogen and oxygen atoms in total. The average molecular weight is 255 g/mol. The Labute approximate surface area is 104 Å². The van der Waals surface area contributed by atoms with E-state index in [0.717, 1.165) is 24.9 Å². The van der Waals surface area contributed by atoms with Crippen molar-refractivity contribution >= 4 is 0 Å². The number of benzene rings is 1. The van der Waals surface area contributed by atoms with E-state index in [1.807, 2.05) is 0 Å². The topological polar surface area (TPSA) is 30.5 Å². The lowest BCUT2D eigenvalue weighted by Gasteiger charge is -2.13. The van der Waals surface area contributed by atoms with E-state index in [2.05, 4.69) is 5.32 Å². The van der Waals surface area contributed by atoms with Crippen molar-refractivity contribution in [1.29, 1.82) is 0 Å². The van der Waals surface area contributed by atoms with Gasteiger partial charge in [-0.05, 0) is 37.9 Å². The first-order valence-electron chi connectivity index (χ1n) is 6.18. The molecule has 1 unspecified atom stereocenters. The van der Waals surface area contributed by atoms with Gasteiger partial charge in [-0.25, -0.2) is 8.78 Å². The molecule has 1 atom stereocenters. The van der Waals surface area contributed by atoms with Crippen molar-refractivity contribution in [3.05, 3.63) is 23.3 Å². The molecule has 3 rings (SSSR count). The maximum absolute atomic E-state index is 12.8. The van der Waals surface area contributed by atoms with Crippen molar-refractivity contribution in [2.45, 2.75) is 31.7 Å². The molecule has 0 bridgehead atoms. The Morgan fingerprint density at radius 1 is 1.33 bits per heavy atom. The van der Waals surface area contributed by atoms with Crippen LogP contribution in [0.5, 0.6) is 11.5 Å². The molecule has 98 valence electrons. The molecular formula is C13H15F2NO2. The Hall–Kier alpha value is -1.36. The zero-order chi connectivity index (χ0) is 12.5. The van der Waals surface area contributed by atoms with Crippen LogP contribution in [-0.2, 0) is 6.42 Å². The quantitative estimate of drug-likeness (QED) is 0.900. The van der Waals surface area contributed by atoms with Gasteiger partial charge in [0.25, 0.3) is 6.43 Å². The highest BCUT2D eigenvalue weighted by atomic mass is 19.3. The van der Waals surface area contributed by atoms with E-state index in [-0.39, 0.29) is 12.4 Å². The number of ether oxygens (including phenoxy) is 2. The van der Waals surface area contributed by atoms with Gasteiger partial charge in [0.2, 0.25) is 6.79 Å². The van der Waals surface area contributed by atoms with Gasteiger partial charge in [0.1, 0.15) is 0 Å². The third-order valence-corrected chi connectivity index (χ3v) is 3.45. The summed E-state index contributed by atoms with van der Waals surface area (Å²) in [7, 11) is 0. The van der Waals surface area contributed by atoms with Crippen LogP contribution in [0.25, 0.3) is 0 Å². The van der Waals surface area contributed by atoms with Crippen LogP contribution in [0.2, 0.25) is 0 Å². The Balaban J connectivity index is 1.90. The standard InChI is InChI=1S/C13H15F2NO2/c14-13(15)9-4-8(5-10-2-1-3-16-10)12-11(6-9)17-7-18-12/h4,6,10,13,16H,1-3,5,7H2. The molecule has 1 saturated heterocycles. The summed E-state index contributed by atoms with van der Waals surface area (Å²) in [6, 6.07) is 3.27. The number of alkyl halides is 2. The third kappa shape index (κ3) is 2.14. The number of rotatable bonds is 3. The molecule has 1 aromatic carbocycles. The molecule has 0 aliphatic carbocycles. The molecule has 0 amide bonds. The SMILES string of the molecule is FC(F)c1cc(CC2CCCN2)c2c(c1)OCO2. The zero-order valence-electron chi connectivity index (χ0n) is 9.92. The summed E-state index contributed by atoms with van der Waals surface area (Å²) in [5.74, 6) is 1.08. The van der Waals surface area contributed by atoms with Gasteiger partial charge < -0.3 is 14.8 Å². The molecule has 0 spiro atoms. The number of halogens is 2. The molecule has 0 radical (unpaired) electrons. The summed E-state index contributed by atoms with van der Waals surface area (Å²) in [5.41, 5.74) is 0.826. The Kier molecular flexibility index (Phi) is 3.07. The highest BCUT2D eigenvalue weighted by Gasteiger charge is 2.24. The first kappa shape index (κ1) is 11.7. The summed E-state index contributed by atoms with van der Waals surface area (Å²) in [4.78, 5) is 0. The minimum absolute atomic E-state index is 0.00671. The fourth-order valence-electron chi connectivity index (χ4n) is 2.58. The van der Waals surface area contributed by atoms with E-state index in [1.165, 1.54) is 12.1 Å². The molecule has 2 heterocycles. The van der Waals surface area contributed by atoms with Crippen molar-refractivity contribution in [3.8, 4) is 11.5 Å². The molecule has 1 aromatic rings. The van der Waals surface area contributed by atoms with Crippen LogP contribution in [0.3, 0.4) is 0 Å². The summed E-state index contributed by atoms with van der Waals surface area (Å²) in [6.07, 6.45) is 0.453. The molecule has 1 fully saturated rings. The number of fused-ring (bicyclic) bond motifs is 1. The lowest BCUT2D eigenvalue weighted by molar-refractivity contribution is 0.150. The second-order valence-corrected chi connectivity index (χ2v) is 4.71. The average Bonchev–Trinajstić information content (AvgIpc) is 2.98. The molecule has 1 N–H and O–H groups in total. The molecule has 2 aliphatic heterocycles. The first-order chi connectivity index (χ1) is 8.74. The van der Waals surface area contributed by atoms with Gasteiger partial charge in [-0.2, -0.15) is 0 Å². The molecular weight excluding hydrogens is 240 g/mol. The van der Waals surface area contributed by atoms with Crippen LogP contribution >= 0.6 is 0 Å².